The zero-order valence-electron chi connectivity index (χ0n) is 16.3. The molecule has 0 aromatic heterocycles. The molecule has 142 valence electrons. The van der Waals surface area contributed by atoms with Crippen LogP contribution >= 0.6 is 7.26 Å². The zero-order chi connectivity index (χ0) is 18.6. The average Bonchev–Trinajstić information content (AvgIpc) is 2.63. The van der Waals surface area contributed by atoms with Gasteiger partial charge in [0, 0.05) is 13.0 Å². The van der Waals surface area contributed by atoms with E-state index in [-0.39, 0.29) is 23.6 Å². The van der Waals surface area contributed by atoms with Crippen molar-refractivity contribution in [3.8, 4) is 0 Å². The van der Waals surface area contributed by atoms with E-state index in [9.17, 15) is 5.11 Å². The molecule has 0 heterocycles. The first-order valence-corrected chi connectivity index (χ1v) is 11.2. The lowest BCUT2D eigenvalue weighted by Crippen LogP contribution is -3.00. The molecule has 1 N–H and O–H groups in total. The smallest absolute Gasteiger partial charge is 0.112 e. The Kier molecular flexibility index (Phi) is 7.79. The number of aryl methyl sites for hydroxylation is 3. The number of hydrogen-bond acceptors (Lipinski definition) is 1. The lowest BCUT2D eigenvalue weighted by molar-refractivity contribution is -0.00000645. The molecule has 3 aromatic carbocycles. The van der Waals surface area contributed by atoms with Crippen LogP contribution < -0.4 is 32.9 Å². The van der Waals surface area contributed by atoms with Crippen molar-refractivity contribution in [3.05, 3.63) is 89.5 Å². The highest BCUT2D eigenvalue weighted by atomic mass is 79.9. The average molecular weight is 443 g/mol. The standard InChI is InChI=1S/C24H28OP.BrH/c1-19-8-4-11-22(16-19)26(15-7-14-25,23-12-5-9-20(2)17-23)24-13-6-10-21(3)18-24;/h4-6,8-13,16-18,25H,7,14-15H2,1-3H3;1H/q+1;/p-1. The van der Waals surface area contributed by atoms with Gasteiger partial charge in [-0.15, -0.1) is 0 Å². The van der Waals surface area contributed by atoms with Crippen LogP contribution in [-0.4, -0.2) is 17.9 Å². The lowest BCUT2D eigenvalue weighted by Gasteiger charge is -2.28. The van der Waals surface area contributed by atoms with Crippen molar-refractivity contribution in [3.63, 3.8) is 0 Å². The third-order valence-corrected chi connectivity index (χ3v) is 9.45. The van der Waals surface area contributed by atoms with Crippen LogP contribution in [0.15, 0.2) is 72.8 Å². The molecule has 27 heavy (non-hydrogen) atoms. The Morgan fingerprint density at radius 3 is 1.33 bits per heavy atom. The van der Waals surface area contributed by atoms with Gasteiger partial charge in [-0.1, -0.05) is 36.4 Å². The fourth-order valence-corrected chi connectivity index (χ4v) is 8.32. The summed E-state index contributed by atoms with van der Waals surface area (Å²) in [7, 11) is -1.81. The van der Waals surface area contributed by atoms with Gasteiger partial charge in [0.15, 0.2) is 0 Å². The summed E-state index contributed by atoms with van der Waals surface area (Å²) in [4.78, 5) is 0. The zero-order valence-corrected chi connectivity index (χ0v) is 18.8. The highest BCUT2D eigenvalue weighted by molar-refractivity contribution is 7.95. The van der Waals surface area contributed by atoms with Crippen molar-refractivity contribution in [2.24, 2.45) is 0 Å². The number of rotatable bonds is 6. The fourth-order valence-electron chi connectivity index (χ4n) is 3.74. The van der Waals surface area contributed by atoms with Crippen LogP contribution in [0.3, 0.4) is 0 Å². The Labute approximate surface area is 174 Å². The maximum atomic E-state index is 9.65. The van der Waals surface area contributed by atoms with Crippen LogP contribution in [0.5, 0.6) is 0 Å². The summed E-state index contributed by atoms with van der Waals surface area (Å²) in [5, 5.41) is 13.9. The van der Waals surface area contributed by atoms with Gasteiger partial charge < -0.3 is 22.1 Å². The Hall–Kier alpha value is -1.47. The van der Waals surface area contributed by atoms with Gasteiger partial charge in [-0.25, -0.2) is 0 Å². The number of aliphatic hydroxyl groups excluding tert-OH is 1. The van der Waals surface area contributed by atoms with E-state index in [2.05, 4.69) is 93.6 Å². The van der Waals surface area contributed by atoms with E-state index in [0.717, 1.165) is 12.6 Å². The number of benzene rings is 3. The molecule has 0 bridgehead atoms. The molecule has 0 atom stereocenters. The van der Waals surface area contributed by atoms with Crippen molar-refractivity contribution >= 4 is 23.2 Å². The van der Waals surface area contributed by atoms with Gasteiger partial charge in [-0.05, 0) is 73.9 Å². The quantitative estimate of drug-likeness (QED) is 0.570. The number of halogens is 1. The van der Waals surface area contributed by atoms with E-state index in [1.165, 1.54) is 32.6 Å². The van der Waals surface area contributed by atoms with Crippen molar-refractivity contribution < 1.29 is 22.1 Å². The SMILES string of the molecule is Cc1cccc([P+](CCCO)(c2cccc(C)c2)c2cccc(C)c2)c1.[Br-]. The summed E-state index contributed by atoms with van der Waals surface area (Å²) in [5.74, 6) is 0. The molecular formula is C24H28BrOP. The minimum Gasteiger partial charge on any atom is -1.00 e. The largest absolute Gasteiger partial charge is 1.00 e. The van der Waals surface area contributed by atoms with Gasteiger partial charge in [-0.3, -0.25) is 0 Å². The second-order valence-corrected chi connectivity index (χ2v) is 10.7. The normalized spacial score (nSPS) is 11.1. The molecule has 0 saturated heterocycles. The Balaban J connectivity index is 0.00000261. The number of aliphatic hydroxyl groups is 1. The van der Waals surface area contributed by atoms with Crippen molar-refractivity contribution in [2.45, 2.75) is 27.2 Å². The van der Waals surface area contributed by atoms with Crippen LogP contribution in [0.2, 0.25) is 0 Å². The molecule has 0 unspecified atom stereocenters. The highest BCUT2D eigenvalue weighted by Crippen LogP contribution is 2.56. The first-order valence-electron chi connectivity index (χ1n) is 9.27. The van der Waals surface area contributed by atoms with Crippen molar-refractivity contribution in [1.82, 2.24) is 0 Å². The Morgan fingerprint density at radius 2 is 1.04 bits per heavy atom. The highest BCUT2D eigenvalue weighted by Gasteiger charge is 2.44. The van der Waals surface area contributed by atoms with Crippen molar-refractivity contribution in [2.75, 3.05) is 12.8 Å². The molecule has 0 aliphatic rings. The van der Waals surface area contributed by atoms with Crippen LogP contribution in [0.1, 0.15) is 23.1 Å². The van der Waals surface area contributed by atoms with Crippen LogP contribution in [-0.2, 0) is 0 Å². The summed E-state index contributed by atoms with van der Waals surface area (Å²) in [6, 6.07) is 26.9. The molecule has 0 amide bonds. The third-order valence-electron chi connectivity index (χ3n) is 4.98. The van der Waals surface area contributed by atoms with Crippen LogP contribution in [0.25, 0.3) is 0 Å². The molecule has 0 spiro atoms. The first-order chi connectivity index (χ1) is 12.6. The van der Waals surface area contributed by atoms with Gasteiger partial charge in [0.2, 0.25) is 0 Å². The molecule has 0 saturated carbocycles. The molecule has 0 aliphatic carbocycles. The lowest BCUT2D eigenvalue weighted by atomic mass is 10.2. The minimum atomic E-state index is -1.81. The van der Waals surface area contributed by atoms with Gasteiger partial charge >= 0.3 is 0 Å². The predicted octanol–water partition coefficient (Wildman–Crippen LogP) is 1.29. The van der Waals surface area contributed by atoms with Gasteiger partial charge in [0.1, 0.15) is 23.2 Å². The topological polar surface area (TPSA) is 20.2 Å². The van der Waals surface area contributed by atoms with E-state index in [4.69, 9.17) is 0 Å². The minimum absolute atomic E-state index is 0. The third kappa shape index (κ3) is 4.69. The van der Waals surface area contributed by atoms with Gasteiger partial charge in [0.25, 0.3) is 0 Å². The molecule has 0 radical (unpaired) electrons. The molecule has 0 fully saturated rings. The maximum absolute atomic E-state index is 9.65. The summed E-state index contributed by atoms with van der Waals surface area (Å²) >= 11 is 0. The number of hydrogen-bond donors (Lipinski definition) is 1. The summed E-state index contributed by atoms with van der Waals surface area (Å²) in [6.07, 6.45) is 1.80. The fraction of sp³-hybridized carbons (Fsp3) is 0.250. The molecule has 3 heteroatoms. The summed E-state index contributed by atoms with van der Waals surface area (Å²) in [6.45, 7) is 6.72. The predicted molar refractivity (Wildman–Crippen MR) is 116 cm³/mol. The second kappa shape index (κ2) is 9.64. The van der Waals surface area contributed by atoms with E-state index >= 15 is 0 Å². The van der Waals surface area contributed by atoms with Gasteiger partial charge in [-0.2, -0.15) is 0 Å². The van der Waals surface area contributed by atoms with E-state index in [1.807, 2.05) is 0 Å². The molecular weight excluding hydrogens is 415 g/mol. The van der Waals surface area contributed by atoms with E-state index < -0.39 is 7.26 Å². The van der Waals surface area contributed by atoms with Gasteiger partial charge in [0.05, 0.1) is 6.16 Å². The monoisotopic (exact) mass is 442 g/mol. The van der Waals surface area contributed by atoms with Crippen LogP contribution in [0.4, 0.5) is 0 Å². The maximum Gasteiger partial charge on any atom is 0.112 e. The molecule has 3 aromatic rings. The van der Waals surface area contributed by atoms with Crippen molar-refractivity contribution in [1.29, 1.82) is 0 Å². The summed E-state index contributed by atoms with van der Waals surface area (Å²) < 4.78 is 0. The van der Waals surface area contributed by atoms with Crippen LogP contribution in [0, 0.1) is 20.8 Å². The molecule has 3 rings (SSSR count). The van der Waals surface area contributed by atoms with E-state index in [1.54, 1.807) is 0 Å². The molecule has 0 aliphatic heterocycles. The molecule has 1 nitrogen and oxygen atoms in total. The second-order valence-electron chi connectivity index (χ2n) is 7.13. The first kappa shape index (κ1) is 21.8. The Bertz CT molecular complexity index is 780. The Morgan fingerprint density at radius 1 is 0.667 bits per heavy atom. The summed E-state index contributed by atoms with van der Waals surface area (Å²) in [5.41, 5.74) is 3.86. The van der Waals surface area contributed by atoms with E-state index in [0.29, 0.717) is 0 Å².